The lowest BCUT2D eigenvalue weighted by Crippen LogP contribution is -2.00. The Morgan fingerprint density at radius 3 is 2.53 bits per heavy atom. The van der Waals surface area contributed by atoms with Crippen molar-refractivity contribution in [2.45, 2.75) is 25.7 Å². The van der Waals surface area contributed by atoms with E-state index in [0.717, 1.165) is 23.0 Å². The molecule has 0 saturated heterocycles. The van der Waals surface area contributed by atoms with E-state index < -0.39 is 0 Å². The van der Waals surface area contributed by atoms with Gasteiger partial charge in [0.2, 0.25) is 0 Å². The first-order valence-electron chi connectivity index (χ1n) is 5.12. The molecule has 0 aromatic heterocycles. The second kappa shape index (κ2) is 4.71. The van der Waals surface area contributed by atoms with Gasteiger partial charge >= 0.3 is 0 Å². The van der Waals surface area contributed by atoms with Crippen LogP contribution < -0.4 is 0 Å². The van der Waals surface area contributed by atoms with Crippen molar-refractivity contribution in [3.8, 4) is 0 Å². The minimum atomic E-state index is -0.126. The van der Waals surface area contributed by atoms with Crippen LogP contribution in [-0.4, -0.2) is 11.6 Å². The normalized spacial score (nSPS) is 15.4. The lowest BCUT2D eigenvalue weighted by molar-refractivity contribution is 0.100. The maximum atomic E-state index is 11.8. The highest BCUT2D eigenvalue weighted by Crippen LogP contribution is 2.19. The highest BCUT2D eigenvalue weighted by Gasteiger charge is 2.12. The number of benzene rings is 1. The Morgan fingerprint density at radius 1 is 1.20 bits per heavy atom. The van der Waals surface area contributed by atoms with Crippen LogP contribution in [0.5, 0.6) is 0 Å². The van der Waals surface area contributed by atoms with Crippen LogP contribution in [0.15, 0.2) is 33.7 Å². The lowest BCUT2D eigenvalue weighted by Gasteiger charge is -1.99. The second-order valence-corrected chi connectivity index (χ2v) is 4.52. The number of aliphatic imine (C=N–C) groups is 1. The molecular formula is C12H12BrNO. The highest BCUT2D eigenvalue weighted by atomic mass is 79.9. The van der Waals surface area contributed by atoms with Crippen molar-refractivity contribution in [3.63, 3.8) is 0 Å². The van der Waals surface area contributed by atoms with Gasteiger partial charge in [-0.05, 0) is 53.7 Å². The van der Waals surface area contributed by atoms with Gasteiger partial charge in [0.1, 0.15) is 0 Å². The van der Waals surface area contributed by atoms with E-state index in [9.17, 15) is 4.79 Å². The largest absolute Gasteiger partial charge is 0.278 e. The summed E-state index contributed by atoms with van der Waals surface area (Å²) >= 11 is 3.36. The monoisotopic (exact) mass is 265 g/mol. The number of halogens is 1. The van der Waals surface area contributed by atoms with Crippen LogP contribution in [0.2, 0.25) is 0 Å². The van der Waals surface area contributed by atoms with Crippen LogP contribution in [0.3, 0.4) is 0 Å². The Labute approximate surface area is 97.5 Å². The van der Waals surface area contributed by atoms with Gasteiger partial charge < -0.3 is 0 Å². The first-order chi connectivity index (χ1) is 7.27. The molecule has 0 spiro atoms. The van der Waals surface area contributed by atoms with Crippen molar-refractivity contribution in [2.24, 2.45) is 4.99 Å². The van der Waals surface area contributed by atoms with Crippen molar-refractivity contribution in [1.82, 2.24) is 0 Å². The molecule has 2 rings (SSSR count). The van der Waals surface area contributed by atoms with Gasteiger partial charge in [-0.25, -0.2) is 4.99 Å². The summed E-state index contributed by atoms with van der Waals surface area (Å²) in [5, 5.41) is 0. The number of nitrogens with zero attached hydrogens (tertiary/aromatic N) is 1. The third-order valence-corrected chi connectivity index (χ3v) is 3.24. The number of rotatable bonds is 1. The van der Waals surface area contributed by atoms with Crippen LogP contribution >= 0.6 is 15.9 Å². The molecule has 0 bridgehead atoms. The molecule has 1 aromatic carbocycles. The molecule has 0 atom stereocenters. The van der Waals surface area contributed by atoms with E-state index in [2.05, 4.69) is 20.9 Å². The third kappa shape index (κ3) is 2.53. The predicted octanol–water partition coefficient (Wildman–Crippen LogP) is 3.60. The molecule has 1 saturated carbocycles. The zero-order chi connectivity index (χ0) is 10.7. The van der Waals surface area contributed by atoms with E-state index in [-0.39, 0.29) is 5.91 Å². The molecule has 2 nitrogen and oxygen atoms in total. The van der Waals surface area contributed by atoms with Crippen LogP contribution in [0.25, 0.3) is 0 Å². The molecule has 1 aliphatic rings. The Bertz CT molecular complexity index is 404. The lowest BCUT2D eigenvalue weighted by atomic mass is 10.2. The minimum Gasteiger partial charge on any atom is -0.267 e. The van der Waals surface area contributed by atoms with Gasteiger partial charge in [-0.2, -0.15) is 0 Å². The average Bonchev–Trinajstić information content (AvgIpc) is 2.71. The zero-order valence-electron chi connectivity index (χ0n) is 8.37. The van der Waals surface area contributed by atoms with E-state index in [0.29, 0.717) is 5.56 Å². The molecule has 0 aliphatic heterocycles. The van der Waals surface area contributed by atoms with E-state index in [4.69, 9.17) is 0 Å². The Kier molecular flexibility index (Phi) is 3.31. The van der Waals surface area contributed by atoms with Gasteiger partial charge in [0.15, 0.2) is 0 Å². The van der Waals surface area contributed by atoms with Crippen molar-refractivity contribution in [1.29, 1.82) is 0 Å². The second-order valence-electron chi connectivity index (χ2n) is 3.67. The summed E-state index contributed by atoms with van der Waals surface area (Å²) in [4.78, 5) is 16.0. The van der Waals surface area contributed by atoms with E-state index in [1.54, 1.807) is 6.07 Å². The van der Waals surface area contributed by atoms with Crippen molar-refractivity contribution in [2.75, 3.05) is 0 Å². The van der Waals surface area contributed by atoms with Gasteiger partial charge in [0, 0.05) is 10.2 Å². The van der Waals surface area contributed by atoms with E-state index >= 15 is 0 Å². The highest BCUT2D eigenvalue weighted by molar-refractivity contribution is 9.10. The summed E-state index contributed by atoms with van der Waals surface area (Å²) in [6, 6.07) is 7.41. The molecule has 15 heavy (non-hydrogen) atoms. The quantitative estimate of drug-likeness (QED) is 0.763. The molecule has 1 amide bonds. The topological polar surface area (TPSA) is 29.4 Å². The molecule has 78 valence electrons. The number of amides is 1. The molecule has 3 heteroatoms. The number of carbonyl (C=O) groups is 1. The predicted molar refractivity (Wildman–Crippen MR) is 64.4 cm³/mol. The third-order valence-electron chi connectivity index (χ3n) is 2.54. The van der Waals surface area contributed by atoms with E-state index in [1.165, 1.54) is 12.8 Å². The van der Waals surface area contributed by atoms with Gasteiger partial charge in [0.25, 0.3) is 5.91 Å². The Hall–Kier alpha value is -0.960. The fourth-order valence-corrected chi connectivity index (χ4v) is 2.19. The number of hydrogen-bond acceptors (Lipinski definition) is 1. The summed E-state index contributed by atoms with van der Waals surface area (Å²) < 4.78 is 0.817. The van der Waals surface area contributed by atoms with Gasteiger partial charge in [-0.1, -0.05) is 12.1 Å². The van der Waals surface area contributed by atoms with Crippen LogP contribution in [0.1, 0.15) is 36.0 Å². The standard InChI is InChI=1S/C12H12BrNO/c13-11-8-4-3-7-10(11)12(15)14-9-5-1-2-6-9/h3-4,7-8H,1-2,5-6H2. The summed E-state index contributed by atoms with van der Waals surface area (Å²) in [7, 11) is 0. The van der Waals surface area contributed by atoms with Gasteiger partial charge in [0.05, 0.1) is 5.56 Å². The molecule has 1 aliphatic carbocycles. The molecule has 0 unspecified atom stereocenters. The van der Waals surface area contributed by atoms with Crippen molar-refractivity contribution < 1.29 is 4.79 Å². The molecular weight excluding hydrogens is 254 g/mol. The fraction of sp³-hybridized carbons (Fsp3) is 0.333. The summed E-state index contributed by atoms with van der Waals surface area (Å²) in [6.07, 6.45) is 4.30. The van der Waals surface area contributed by atoms with Crippen LogP contribution in [0.4, 0.5) is 0 Å². The maximum absolute atomic E-state index is 11.8. The SMILES string of the molecule is O=C(N=C1CCCC1)c1ccccc1Br. The maximum Gasteiger partial charge on any atom is 0.278 e. The molecule has 1 fully saturated rings. The summed E-state index contributed by atoms with van der Waals surface area (Å²) in [6.45, 7) is 0. The number of hydrogen-bond donors (Lipinski definition) is 0. The first kappa shape index (κ1) is 10.6. The smallest absolute Gasteiger partial charge is 0.267 e. The molecule has 0 N–H and O–H groups in total. The first-order valence-corrected chi connectivity index (χ1v) is 5.92. The van der Waals surface area contributed by atoms with Gasteiger partial charge in [-0.15, -0.1) is 0 Å². The zero-order valence-corrected chi connectivity index (χ0v) is 9.96. The summed E-state index contributed by atoms with van der Waals surface area (Å²) in [5.41, 5.74) is 1.70. The van der Waals surface area contributed by atoms with Gasteiger partial charge in [-0.3, -0.25) is 4.79 Å². The van der Waals surface area contributed by atoms with Crippen molar-refractivity contribution >= 4 is 27.5 Å². The van der Waals surface area contributed by atoms with E-state index in [1.807, 2.05) is 18.2 Å². The molecule has 0 heterocycles. The van der Waals surface area contributed by atoms with Crippen molar-refractivity contribution in [3.05, 3.63) is 34.3 Å². The Morgan fingerprint density at radius 2 is 1.87 bits per heavy atom. The molecule has 0 radical (unpaired) electrons. The fourth-order valence-electron chi connectivity index (χ4n) is 1.73. The number of carbonyl (C=O) groups excluding carboxylic acids is 1. The summed E-state index contributed by atoms with van der Waals surface area (Å²) in [5.74, 6) is -0.126. The Balaban J connectivity index is 2.21. The van der Waals surface area contributed by atoms with Crippen LogP contribution in [-0.2, 0) is 0 Å². The van der Waals surface area contributed by atoms with Crippen LogP contribution in [0, 0.1) is 0 Å². The molecule has 1 aromatic rings. The average molecular weight is 266 g/mol. The minimum absolute atomic E-state index is 0.126.